The number of phenolic OH excluding ortho intramolecular Hbond substituents is 1. The number of hydrogen-bond donors (Lipinski definition) is 2. The van der Waals surface area contributed by atoms with Gasteiger partial charge in [0.2, 0.25) is 5.91 Å². The lowest BCUT2D eigenvalue weighted by molar-refractivity contribution is -0.137. The van der Waals surface area contributed by atoms with Crippen molar-refractivity contribution in [3.05, 3.63) is 29.8 Å². The molecule has 1 aliphatic heterocycles. The molecular weight excluding hydrogens is 252 g/mol. The van der Waals surface area contributed by atoms with Crippen molar-refractivity contribution < 1.29 is 9.90 Å². The first-order valence-corrected chi connectivity index (χ1v) is 7.28. The van der Waals surface area contributed by atoms with E-state index in [1.807, 2.05) is 26.1 Å². The molecule has 2 rings (SSSR count). The van der Waals surface area contributed by atoms with Crippen LogP contribution in [0, 0.1) is 5.92 Å². The Kier molecular flexibility index (Phi) is 4.65. The minimum atomic E-state index is -0.117. The van der Waals surface area contributed by atoms with E-state index >= 15 is 0 Å². The highest BCUT2D eigenvalue weighted by Crippen LogP contribution is 2.29. The van der Waals surface area contributed by atoms with Crippen molar-refractivity contribution in [1.29, 1.82) is 0 Å². The highest BCUT2D eigenvalue weighted by atomic mass is 16.3. The maximum absolute atomic E-state index is 12.6. The van der Waals surface area contributed by atoms with Crippen LogP contribution in [0.4, 0.5) is 0 Å². The van der Waals surface area contributed by atoms with Crippen LogP contribution in [0.15, 0.2) is 24.3 Å². The molecule has 0 saturated carbocycles. The lowest BCUT2D eigenvalue weighted by Gasteiger charge is -2.33. The van der Waals surface area contributed by atoms with Crippen LogP contribution in [0.5, 0.6) is 5.75 Å². The summed E-state index contributed by atoms with van der Waals surface area (Å²) < 4.78 is 0. The van der Waals surface area contributed by atoms with E-state index in [2.05, 4.69) is 12.2 Å². The minimum Gasteiger partial charge on any atom is -0.508 e. The van der Waals surface area contributed by atoms with E-state index in [1.165, 1.54) is 0 Å². The first kappa shape index (κ1) is 14.9. The summed E-state index contributed by atoms with van der Waals surface area (Å²) in [5.41, 5.74) is 0.797. The molecule has 1 saturated heterocycles. The predicted molar refractivity (Wildman–Crippen MR) is 79.5 cm³/mol. The number of amides is 1. The number of aromatic hydroxyl groups is 1. The van der Waals surface area contributed by atoms with Gasteiger partial charge in [0.1, 0.15) is 5.75 Å². The third kappa shape index (κ3) is 3.12. The standard InChI is InChI=1S/C16H24N2O2/c1-11-10-13(8-9-17-11)16(20)18(3)12(2)14-6-4-5-7-15(14)19/h4-7,11-13,17,19H,8-10H2,1-3H3. The smallest absolute Gasteiger partial charge is 0.226 e. The highest BCUT2D eigenvalue weighted by Gasteiger charge is 2.29. The van der Waals surface area contributed by atoms with Crippen molar-refractivity contribution in [2.24, 2.45) is 5.92 Å². The number of phenols is 1. The van der Waals surface area contributed by atoms with Crippen molar-refractivity contribution in [3.8, 4) is 5.75 Å². The topological polar surface area (TPSA) is 52.6 Å². The Bertz CT molecular complexity index is 475. The van der Waals surface area contributed by atoms with Gasteiger partial charge in [-0.25, -0.2) is 0 Å². The van der Waals surface area contributed by atoms with Crippen molar-refractivity contribution in [3.63, 3.8) is 0 Å². The molecule has 3 unspecified atom stereocenters. The molecule has 2 N–H and O–H groups in total. The average Bonchev–Trinajstić information content (AvgIpc) is 2.45. The van der Waals surface area contributed by atoms with E-state index in [0.717, 1.165) is 24.9 Å². The summed E-state index contributed by atoms with van der Waals surface area (Å²) in [5.74, 6) is 0.511. The predicted octanol–water partition coefficient (Wildman–Crippen LogP) is 2.30. The lowest BCUT2D eigenvalue weighted by atomic mass is 9.91. The van der Waals surface area contributed by atoms with Crippen molar-refractivity contribution in [1.82, 2.24) is 10.2 Å². The van der Waals surface area contributed by atoms with E-state index in [0.29, 0.717) is 6.04 Å². The molecule has 1 amide bonds. The number of rotatable bonds is 3. The Hall–Kier alpha value is -1.55. The fraction of sp³-hybridized carbons (Fsp3) is 0.562. The van der Waals surface area contributed by atoms with Crippen LogP contribution in [0.3, 0.4) is 0 Å². The molecule has 1 aliphatic rings. The number of piperidine rings is 1. The van der Waals surface area contributed by atoms with Crippen LogP contribution in [-0.2, 0) is 4.79 Å². The molecule has 0 aliphatic carbocycles. The summed E-state index contributed by atoms with van der Waals surface area (Å²) in [5, 5.41) is 13.3. The molecule has 0 spiro atoms. The minimum absolute atomic E-state index is 0.0876. The molecule has 20 heavy (non-hydrogen) atoms. The van der Waals surface area contributed by atoms with E-state index in [4.69, 9.17) is 0 Å². The Labute approximate surface area is 120 Å². The number of nitrogens with one attached hydrogen (secondary N) is 1. The number of carbonyl (C=O) groups excluding carboxylic acids is 1. The Morgan fingerprint density at radius 3 is 2.80 bits per heavy atom. The number of carbonyl (C=O) groups is 1. The van der Waals surface area contributed by atoms with Gasteiger partial charge in [0.25, 0.3) is 0 Å². The van der Waals surface area contributed by atoms with Gasteiger partial charge in [-0.2, -0.15) is 0 Å². The van der Waals surface area contributed by atoms with Gasteiger partial charge >= 0.3 is 0 Å². The molecule has 1 aromatic carbocycles. The Morgan fingerprint density at radius 2 is 2.15 bits per heavy atom. The lowest BCUT2D eigenvalue weighted by Crippen LogP contribution is -2.43. The van der Waals surface area contributed by atoms with Crippen LogP contribution in [0.2, 0.25) is 0 Å². The zero-order chi connectivity index (χ0) is 14.7. The van der Waals surface area contributed by atoms with E-state index < -0.39 is 0 Å². The van der Waals surface area contributed by atoms with Crippen molar-refractivity contribution in [2.45, 2.75) is 38.8 Å². The highest BCUT2D eigenvalue weighted by molar-refractivity contribution is 5.79. The van der Waals surface area contributed by atoms with Gasteiger partial charge in [0.05, 0.1) is 6.04 Å². The molecule has 0 bridgehead atoms. The summed E-state index contributed by atoms with van der Waals surface area (Å²) in [6, 6.07) is 7.49. The monoisotopic (exact) mass is 276 g/mol. The third-order valence-electron chi connectivity index (χ3n) is 4.29. The van der Waals surface area contributed by atoms with Gasteiger partial charge in [-0.3, -0.25) is 4.79 Å². The van der Waals surface area contributed by atoms with E-state index in [-0.39, 0.29) is 23.6 Å². The fourth-order valence-electron chi connectivity index (χ4n) is 2.88. The van der Waals surface area contributed by atoms with Gasteiger partial charge < -0.3 is 15.3 Å². The van der Waals surface area contributed by atoms with Gasteiger partial charge in [0.15, 0.2) is 0 Å². The molecule has 110 valence electrons. The Morgan fingerprint density at radius 1 is 1.45 bits per heavy atom. The SMILES string of the molecule is CC1CC(C(=O)N(C)C(C)c2ccccc2O)CCN1. The second-order valence-electron chi connectivity index (χ2n) is 5.76. The quantitative estimate of drug-likeness (QED) is 0.890. The van der Waals surface area contributed by atoms with Crippen LogP contribution < -0.4 is 5.32 Å². The van der Waals surface area contributed by atoms with Crippen LogP contribution in [-0.4, -0.2) is 35.5 Å². The molecule has 0 aromatic heterocycles. The first-order valence-electron chi connectivity index (χ1n) is 7.28. The largest absolute Gasteiger partial charge is 0.508 e. The van der Waals surface area contributed by atoms with Crippen LogP contribution >= 0.6 is 0 Å². The van der Waals surface area contributed by atoms with E-state index in [9.17, 15) is 9.90 Å². The van der Waals surface area contributed by atoms with Gasteiger partial charge in [-0.15, -0.1) is 0 Å². The summed E-state index contributed by atoms with van der Waals surface area (Å²) in [7, 11) is 1.83. The zero-order valence-corrected chi connectivity index (χ0v) is 12.5. The molecule has 4 nitrogen and oxygen atoms in total. The van der Waals surface area contributed by atoms with Gasteiger partial charge in [0, 0.05) is 24.6 Å². The molecule has 1 fully saturated rings. The molecule has 4 heteroatoms. The maximum Gasteiger partial charge on any atom is 0.226 e. The summed E-state index contributed by atoms with van der Waals surface area (Å²) >= 11 is 0. The first-order chi connectivity index (χ1) is 9.50. The molecular formula is C16H24N2O2. The maximum atomic E-state index is 12.6. The molecule has 1 aromatic rings. The molecule has 0 radical (unpaired) electrons. The normalized spacial score (nSPS) is 24.1. The number of hydrogen-bond acceptors (Lipinski definition) is 3. The van der Waals surface area contributed by atoms with Crippen molar-refractivity contribution >= 4 is 5.91 Å². The Balaban J connectivity index is 2.08. The van der Waals surface area contributed by atoms with Crippen LogP contribution in [0.25, 0.3) is 0 Å². The van der Waals surface area contributed by atoms with Gasteiger partial charge in [-0.05, 0) is 39.3 Å². The molecule has 1 heterocycles. The molecule has 3 atom stereocenters. The van der Waals surface area contributed by atoms with Crippen LogP contribution in [0.1, 0.15) is 38.3 Å². The summed E-state index contributed by atoms with van der Waals surface area (Å²) in [6.07, 6.45) is 1.78. The second-order valence-corrected chi connectivity index (χ2v) is 5.76. The zero-order valence-electron chi connectivity index (χ0n) is 12.5. The van der Waals surface area contributed by atoms with Crippen molar-refractivity contribution in [2.75, 3.05) is 13.6 Å². The number of nitrogens with zero attached hydrogens (tertiary/aromatic N) is 1. The fourth-order valence-corrected chi connectivity index (χ4v) is 2.88. The second kappa shape index (κ2) is 6.27. The summed E-state index contributed by atoms with van der Waals surface area (Å²) in [4.78, 5) is 14.3. The average molecular weight is 276 g/mol. The van der Waals surface area contributed by atoms with Gasteiger partial charge in [-0.1, -0.05) is 18.2 Å². The van der Waals surface area contributed by atoms with E-state index in [1.54, 1.807) is 17.0 Å². The third-order valence-corrected chi connectivity index (χ3v) is 4.29. The summed E-state index contributed by atoms with van der Waals surface area (Å²) in [6.45, 7) is 4.97. The number of para-hydroxylation sites is 1. The number of benzene rings is 1.